The molecule has 1 aliphatic carbocycles. The lowest BCUT2D eigenvalue weighted by Gasteiger charge is -2.22. The second kappa shape index (κ2) is 5.83. The van der Waals surface area contributed by atoms with Crippen LogP contribution in [0, 0.1) is 5.92 Å². The first kappa shape index (κ1) is 13.5. The van der Waals surface area contributed by atoms with Gasteiger partial charge >= 0.3 is 7.60 Å². The largest absolute Gasteiger partial charge is 0.349 e. The molecule has 0 aromatic rings. The molecule has 0 aromatic heterocycles. The number of hydrogen-bond donors (Lipinski definition) is 1. The predicted molar refractivity (Wildman–Crippen MR) is 68.1 cm³/mol. The SMILES string of the molecule is CCOP(=O)(OCC)[C@H]1N[C@@H]1C1CCCCC1. The Balaban J connectivity index is 1.92. The van der Waals surface area contributed by atoms with Crippen LogP contribution in [0.15, 0.2) is 0 Å². The van der Waals surface area contributed by atoms with Crippen molar-refractivity contribution in [2.24, 2.45) is 5.92 Å². The van der Waals surface area contributed by atoms with Crippen molar-refractivity contribution in [3.63, 3.8) is 0 Å². The first-order valence-electron chi connectivity index (χ1n) is 6.86. The first-order valence-corrected chi connectivity index (χ1v) is 8.47. The van der Waals surface area contributed by atoms with E-state index in [1.54, 1.807) is 0 Å². The summed E-state index contributed by atoms with van der Waals surface area (Å²) >= 11 is 0. The van der Waals surface area contributed by atoms with Gasteiger partial charge < -0.3 is 9.05 Å². The molecule has 2 atom stereocenters. The molecular weight excluding hydrogens is 237 g/mol. The average molecular weight is 261 g/mol. The van der Waals surface area contributed by atoms with Crippen LogP contribution in [-0.4, -0.2) is 25.0 Å². The number of rotatable bonds is 6. The van der Waals surface area contributed by atoms with Crippen LogP contribution in [-0.2, 0) is 13.6 Å². The highest BCUT2D eigenvalue weighted by atomic mass is 31.2. The minimum absolute atomic E-state index is 0.0505. The summed E-state index contributed by atoms with van der Waals surface area (Å²) < 4.78 is 23.3. The maximum atomic E-state index is 12.5. The highest BCUT2D eigenvalue weighted by Crippen LogP contribution is 2.59. The fourth-order valence-corrected chi connectivity index (χ4v) is 4.98. The van der Waals surface area contributed by atoms with Gasteiger partial charge in [0.15, 0.2) is 0 Å². The maximum absolute atomic E-state index is 12.5. The molecule has 17 heavy (non-hydrogen) atoms. The zero-order valence-electron chi connectivity index (χ0n) is 10.9. The van der Waals surface area contributed by atoms with E-state index < -0.39 is 7.60 Å². The molecule has 1 N–H and O–H groups in total. The Hall–Kier alpha value is 0.110. The molecule has 0 aromatic carbocycles. The zero-order valence-corrected chi connectivity index (χ0v) is 11.7. The third-order valence-electron chi connectivity index (χ3n) is 3.71. The third kappa shape index (κ3) is 3.11. The summed E-state index contributed by atoms with van der Waals surface area (Å²) in [5.74, 6) is 0.619. The molecule has 100 valence electrons. The maximum Gasteiger partial charge on any atom is 0.349 e. The molecule has 1 saturated heterocycles. The van der Waals surface area contributed by atoms with Gasteiger partial charge in [0.25, 0.3) is 0 Å². The Bertz CT molecular complexity index is 281. The molecular formula is C12H24NO3P. The second-order valence-corrected chi connectivity index (χ2v) is 7.06. The van der Waals surface area contributed by atoms with Crippen LogP contribution >= 0.6 is 7.60 Å². The van der Waals surface area contributed by atoms with Gasteiger partial charge in [0, 0.05) is 6.04 Å². The summed E-state index contributed by atoms with van der Waals surface area (Å²) in [7, 11) is -2.91. The quantitative estimate of drug-likeness (QED) is 0.589. The van der Waals surface area contributed by atoms with Crippen molar-refractivity contribution in [2.45, 2.75) is 57.8 Å². The minimum Gasteiger partial charge on any atom is -0.308 e. The van der Waals surface area contributed by atoms with Crippen molar-refractivity contribution >= 4 is 7.60 Å². The van der Waals surface area contributed by atoms with Gasteiger partial charge in [-0.3, -0.25) is 9.88 Å². The Labute approximate surface area is 104 Å². The van der Waals surface area contributed by atoms with E-state index in [2.05, 4.69) is 5.32 Å². The van der Waals surface area contributed by atoms with Crippen molar-refractivity contribution in [1.29, 1.82) is 0 Å². The van der Waals surface area contributed by atoms with Crippen LogP contribution < -0.4 is 5.32 Å². The van der Waals surface area contributed by atoms with Gasteiger partial charge in [-0.2, -0.15) is 0 Å². The molecule has 0 radical (unpaired) electrons. The van der Waals surface area contributed by atoms with Crippen molar-refractivity contribution in [1.82, 2.24) is 5.32 Å². The lowest BCUT2D eigenvalue weighted by Crippen LogP contribution is -2.16. The van der Waals surface area contributed by atoms with Crippen LogP contribution in [0.2, 0.25) is 0 Å². The summed E-state index contributed by atoms with van der Waals surface area (Å²) in [6.07, 6.45) is 6.48. The van der Waals surface area contributed by atoms with E-state index >= 15 is 0 Å². The van der Waals surface area contributed by atoms with Gasteiger partial charge in [-0.25, -0.2) is 0 Å². The Morgan fingerprint density at radius 2 is 1.71 bits per heavy atom. The number of nitrogens with one attached hydrogen (secondary N) is 1. The van der Waals surface area contributed by atoms with Crippen molar-refractivity contribution in [3.05, 3.63) is 0 Å². The van der Waals surface area contributed by atoms with E-state index in [1.165, 1.54) is 32.1 Å². The average Bonchev–Trinajstić information content (AvgIpc) is 3.11. The van der Waals surface area contributed by atoms with E-state index in [4.69, 9.17) is 9.05 Å². The molecule has 1 saturated carbocycles. The topological polar surface area (TPSA) is 57.5 Å². The summed E-state index contributed by atoms with van der Waals surface area (Å²) in [4.78, 5) is 0. The molecule has 0 amide bonds. The van der Waals surface area contributed by atoms with Crippen LogP contribution in [0.1, 0.15) is 46.0 Å². The fourth-order valence-electron chi connectivity index (χ4n) is 2.87. The highest BCUT2D eigenvalue weighted by Gasteiger charge is 2.55. The van der Waals surface area contributed by atoms with E-state index in [-0.39, 0.29) is 5.78 Å². The Kier molecular flexibility index (Phi) is 4.65. The van der Waals surface area contributed by atoms with Crippen LogP contribution in [0.3, 0.4) is 0 Å². The van der Waals surface area contributed by atoms with E-state index in [0.717, 1.165) is 0 Å². The molecule has 0 bridgehead atoms. The van der Waals surface area contributed by atoms with Gasteiger partial charge in [-0.05, 0) is 32.6 Å². The molecule has 4 nitrogen and oxygen atoms in total. The highest BCUT2D eigenvalue weighted by molar-refractivity contribution is 7.55. The van der Waals surface area contributed by atoms with Gasteiger partial charge in [-0.1, -0.05) is 19.3 Å². The van der Waals surface area contributed by atoms with Crippen molar-refractivity contribution in [2.75, 3.05) is 13.2 Å². The first-order chi connectivity index (χ1) is 8.21. The molecule has 5 heteroatoms. The lowest BCUT2D eigenvalue weighted by molar-refractivity contribution is 0.216. The molecule has 1 heterocycles. The molecule has 0 spiro atoms. The minimum atomic E-state index is -2.91. The molecule has 0 unspecified atom stereocenters. The molecule has 2 rings (SSSR count). The van der Waals surface area contributed by atoms with Crippen molar-refractivity contribution < 1.29 is 13.6 Å². The number of hydrogen-bond acceptors (Lipinski definition) is 4. The summed E-state index contributed by atoms with van der Waals surface area (Å²) in [5, 5.41) is 3.34. The monoisotopic (exact) mass is 261 g/mol. The van der Waals surface area contributed by atoms with Crippen LogP contribution in [0.4, 0.5) is 0 Å². The standard InChI is InChI=1S/C12H24NO3P/c1-3-15-17(14,16-4-2)12-11(13-12)10-8-6-5-7-9-10/h10-13H,3-9H2,1-2H3/t11-,12-/m1/s1. The summed E-state index contributed by atoms with van der Waals surface area (Å²) in [5.41, 5.74) is 0. The Morgan fingerprint density at radius 3 is 2.24 bits per heavy atom. The van der Waals surface area contributed by atoms with E-state index in [1.807, 2.05) is 13.8 Å². The summed E-state index contributed by atoms with van der Waals surface area (Å²) in [6, 6.07) is 0.360. The predicted octanol–water partition coefficient (Wildman–Crippen LogP) is 3.13. The van der Waals surface area contributed by atoms with Gasteiger partial charge in [0.2, 0.25) is 0 Å². The van der Waals surface area contributed by atoms with Crippen LogP contribution in [0.25, 0.3) is 0 Å². The molecule has 1 aliphatic heterocycles. The summed E-state index contributed by atoms with van der Waals surface area (Å²) in [6.45, 7) is 4.63. The fraction of sp³-hybridized carbons (Fsp3) is 1.00. The normalized spacial score (nSPS) is 30.5. The van der Waals surface area contributed by atoms with Crippen LogP contribution in [0.5, 0.6) is 0 Å². The van der Waals surface area contributed by atoms with E-state index in [9.17, 15) is 4.57 Å². The van der Waals surface area contributed by atoms with E-state index in [0.29, 0.717) is 25.2 Å². The third-order valence-corrected chi connectivity index (χ3v) is 6.10. The molecule has 2 aliphatic rings. The Morgan fingerprint density at radius 1 is 1.12 bits per heavy atom. The molecule has 2 fully saturated rings. The second-order valence-electron chi connectivity index (χ2n) is 4.91. The van der Waals surface area contributed by atoms with Crippen molar-refractivity contribution in [3.8, 4) is 0 Å². The van der Waals surface area contributed by atoms with Gasteiger partial charge in [0.05, 0.1) is 13.2 Å². The lowest BCUT2D eigenvalue weighted by atomic mass is 9.87. The zero-order chi connectivity index (χ0) is 12.3. The van der Waals surface area contributed by atoms with Gasteiger partial charge in [0.1, 0.15) is 5.78 Å². The van der Waals surface area contributed by atoms with Gasteiger partial charge in [-0.15, -0.1) is 0 Å². The smallest absolute Gasteiger partial charge is 0.308 e.